The standard InChI is InChI=1S/C40H44I3N3O7S/c1-10-11-13-25(37(48)49)40(8)29(46(14-12-15-54(50,51)52)28-20-26(41)34(42)35(43)33(28)40)19-24-32(27(21-44)45-9)23(36(24)47)16-22-17-30(38(2,3)4)53-31(18-22)39(5,6)7/h16-20,25,44H,10-15H2,1-8H3,(H-,48,49,50,51,52)/p+1. The fourth-order valence-electron chi connectivity index (χ4n) is 6.90. The van der Waals surface area contributed by atoms with Crippen LogP contribution < -0.4 is 0 Å². The van der Waals surface area contributed by atoms with Crippen LogP contribution in [0.3, 0.4) is 0 Å². The number of rotatable bonds is 12. The SMILES string of the molecule is [C-]#[N+]C(=C=N)C1=C(C=C2C=C(C(C)(C)C)OC(C(C)(C)C)=C2)C(=O)C1=CC1=[N+](CCCS(=O)(=O)O)c2cc(I)c(I)c(I)c2C1(C)C(CCCC)C(=O)O. The molecule has 14 heteroatoms. The van der Waals surface area contributed by atoms with Crippen molar-refractivity contribution in [2.75, 3.05) is 12.3 Å². The summed E-state index contributed by atoms with van der Waals surface area (Å²) in [6.07, 6.45) is 8.80. The molecule has 0 fully saturated rings. The average Bonchev–Trinajstić information content (AvgIpc) is 3.29. The molecule has 1 aliphatic carbocycles. The average molecular weight is 1090 g/mol. The maximum Gasteiger partial charge on any atom is 0.307 e. The molecule has 2 aliphatic heterocycles. The number of halogens is 3. The Morgan fingerprint density at radius 1 is 1.09 bits per heavy atom. The number of ketones is 1. The number of carbonyl (C=O) groups excluding carboxylic acids is 1. The first-order chi connectivity index (χ1) is 24.9. The van der Waals surface area contributed by atoms with Crippen LogP contribution in [0.2, 0.25) is 0 Å². The lowest BCUT2D eigenvalue weighted by molar-refractivity contribution is -0.437. The fraction of sp³-hybridized carbons (Fsp3) is 0.450. The minimum atomic E-state index is -4.31. The Bertz CT molecular complexity index is 2190. The monoisotopic (exact) mass is 1090 g/mol. The van der Waals surface area contributed by atoms with Gasteiger partial charge in [0.2, 0.25) is 5.69 Å². The number of nitrogens with zero attached hydrogens (tertiary/aromatic N) is 2. The molecule has 1 aromatic carbocycles. The molecule has 0 radical (unpaired) electrons. The molecular formula is C40H45I3N3O7S+. The molecule has 0 aromatic heterocycles. The predicted molar refractivity (Wildman–Crippen MR) is 236 cm³/mol. The van der Waals surface area contributed by atoms with Gasteiger partial charge in [-0.05, 0) is 111 Å². The van der Waals surface area contributed by atoms with Gasteiger partial charge in [0.15, 0.2) is 11.5 Å². The summed E-state index contributed by atoms with van der Waals surface area (Å²) < 4.78 is 44.2. The maximum absolute atomic E-state index is 14.4. The first-order valence-electron chi connectivity index (χ1n) is 17.5. The molecule has 2 unspecified atom stereocenters. The van der Waals surface area contributed by atoms with Crippen LogP contribution in [0.1, 0.15) is 86.6 Å². The van der Waals surface area contributed by atoms with Crippen molar-refractivity contribution in [1.29, 1.82) is 5.41 Å². The topological polar surface area (TPSA) is 149 Å². The number of Topliss-reactive ketones (excluding diaryl/α,β-unsaturated/α-hetero) is 1. The number of hydrogen-bond donors (Lipinski definition) is 3. The number of ether oxygens (including phenoxy) is 1. The van der Waals surface area contributed by atoms with Crippen LogP contribution in [0.25, 0.3) is 4.85 Å². The van der Waals surface area contributed by atoms with E-state index in [4.69, 9.17) is 16.7 Å². The lowest BCUT2D eigenvalue weighted by atomic mass is 9.66. The molecule has 2 atom stereocenters. The van der Waals surface area contributed by atoms with E-state index in [1.807, 2.05) is 78.2 Å². The number of unbranched alkanes of at least 4 members (excludes halogenated alkanes) is 1. The summed E-state index contributed by atoms with van der Waals surface area (Å²) >= 11 is 6.70. The Kier molecular flexibility index (Phi) is 13.6. The number of benzene rings is 1. The molecule has 3 aliphatic rings. The first-order valence-corrected chi connectivity index (χ1v) is 22.3. The number of nitrogens with one attached hydrogen (secondary N) is 1. The van der Waals surface area contributed by atoms with E-state index in [0.29, 0.717) is 41.3 Å². The Labute approximate surface area is 359 Å². The maximum atomic E-state index is 14.4. The van der Waals surface area contributed by atoms with Crippen LogP contribution in [0.15, 0.2) is 69.9 Å². The van der Waals surface area contributed by atoms with Crippen molar-refractivity contribution < 1.29 is 37.0 Å². The summed E-state index contributed by atoms with van der Waals surface area (Å²) in [5.41, 5.74) is 1.08. The third kappa shape index (κ3) is 8.91. The molecule has 3 N–H and O–H groups in total. The zero-order chi connectivity index (χ0) is 40.7. The van der Waals surface area contributed by atoms with Crippen LogP contribution in [0, 0.1) is 39.4 Å². The second kappa shape index (κ2) is 16.6. The van der Waals surface area contributed by atoms with Gasteiger partial charge in [-0.15, -0.1) is 0 Å². The van der Waals surface area contributed by atoms with Gasteiger partial charge in [-0.3, -0.25) is 19.6 Å². The van der Waals surface area contributed by atoms with Gasteiger partial charge in [-0.1, -0.05) is 61.3 Å². The summed E-state index contributed by atoms with van der Waals surface area (Å²) in [6.45, 7) is 24.1. The van der Waals surface area contributed by atoms with Gasteiger partial charge in [0, 0.05) is 56.8 Å². The molecule has 0 saturated carbocycles. The number of aliphatic carboxylic acids is 1. The van der Waals surface area contributed by atoms with Crippen LogP contribution in [0.4, 0.5) is 5.69 Å². The van der Waals surface area contributed by atoms with Crippen LogP contribution in [-0.2, 0) is 29.9 Å². The molecule has 10 nitrogen and oxygen atoms in total. The molecule has 0 saturated heterocycles. The van der Waals surface area contributed by atoms with Gasteiger partial charge in [-0.2, -0.15) is 13.0 Å². The Morgan fingerprint density at radius 3 is 2.17 bits per heavy atom. The Morgan fingerprint density at radius 2 is 1.69 bits per heavy atom. The van der Waals surface area contributed by atoms with Gasteiger partial charge in [0.25, 0.3) is 15.8 Å². The molecule has 2 heterocycles. The highest BCUT2D eigenvalue weighted by Gasteiger charge is 2.57. The molecule has 54 heavy (non-hydrogen) atoms. The summed E-state index contributed by atoms with van der Waals surface area (Å²) in [5, 5.41) is 18.9. The largest absolute Gasteiger partial charge is 0.481 e. The Balaban J connectivity index is 2.11. The third-order valence-corrected chi connectivity index (χ3v) is 15.7. The molecule has 4 rings (SSSR count). The van der Waals surface area contributed by atoms with Crippen molar-refractivity contribution >= 4 is 107 Å². The highest BCUT2D eigenvalue weighted by atomic mass is 127. The van der Waals surface area contributed by atoms with Gasteiger partial charge in [0.1, 0.15) is 18.1 Å². The normalized spacial score (nSPS) is 20.1. The highest BCUT2D eigenvalue weighted by Crippen LogP contribution is 2.52. The Hall–Kier alpha value is -2.43. The lowest BCUT2D eigenvalue weighted by Crippen LogP contribution is -2.44. The van der Waals surface area contributed by atoms with Crippen LogP contribution >= 0.6 is 67.8 Å². The first kappa shape index (κ1) is 44.3. The van der Waals surface area contributed by atoms with Gasteiger partial charge < -0.3 is 9.84 Å². The van der Waals surface area contributed by atoms with E-state index in [2.05, 4.69) is 78.5 Å². The quantitative estimate of drug-likeness (QED) is 0.0359. The van der Waals surface area contributed by atoms with E-state index in [1.54, 1.807) is 12.2 Å². The zero-order valence-corrected chi connectivity index (χ0v) is 38.9. The number of carbonyl (C=O) groups is 2. The summed E-state index contributed by atoms with van der Waals surface area (Å²) in [4.78, 5) is 31.3. The number of hydrogen-bond acceptors (Lipinski definition) is 6. The van der Waals surface area contributed by atoms with Gasteiger partial charge in [0.05, 0.1) is 29.2 Å². The third-order valence-electron chi connectivity index (χ3n) is 9.78. The molecule has 0 spiro atoms. The van der Waals surface area contributed by atoms with Crippen molar-refractivity contribution in [1.82, 2.24) is 0 Å². The number of carboxylic acid groups (broad SMARTS) is 1. The molecule has 1 aromatic rings. The fourth-order valence-corrected chi connectivity index (χ4v) is 10.0. The van der Waals surface area contributed by atoms with E-state index in [-0.39, 0.29) is 52.0 Å². The van der Waals surface area contributed by atoms with E-state index in [0.717, 1.165) is 22.7 Å². The number of fused-ring (bicyclic) bond motifs is 1. The summed E-state index contributed by atoms with van der Waals surface area (Å²) in [7, 11) is -4.31. The second-order valence-corrected chi connectivity index (χ2v) is 20.7. The van der Waals surface area contributed by atoms with Crippen LogP contribution in [0.5, 0.6) is 0 Å². The molecule has 0 bridgehead atoms. The molecule has 0 amide bonds. The summed E-state index contributed by atoms with van der Waals surface area (Å²) in [5.74, 6) is 0.774. The van der Waals surface area contributed by atoms with Gasteiger partial charge >= 0.3 is 5.97 Å². The van der Waals surface area contributed by atoms with Crippen molar-refractivity contribution in [3.8, 4) is 0 Å². The van der Waals surface area contributed by atoms with Crippen LogP contribution in [-0.4, -0.2) is 58.3 Å². The van der Waals surface area contributed by atoms with E-state index in [1.165, 1.54) is 0 Å². The minimum Gasteiger partial charge on any atom is -0.481 e. The smallest absolute Gasteiger partial charge is 0.307 e. The van der Waals surface area contributed by atoms with E-state index in [9.17, 15) is 27.7 Å². The van der Waals surface area contributed by atoms with E-state index >= 15 is 0 Å². The lowest BCUT2D eigenvalue weighted by Gasteiger charge is -2.33. The molecule has 288 valence electrons. The molecular weight excluding hydrogens is 1050 g/mol. The van der Waals surface area contributed by atoms with Crippen molar-refractivity contribution in [3.63, 3.8) is 0 Å². The number of carboxylic acids is 1. The minimum absolute atomic E-state index is 0.0154. The second-order valence-electron chi connectivity index (χ2n) is 15.8. The summed E-state index contributed by atoms with van der Waals surface area (Å²) in [6, 6.07) is 1.94. The zero-order valence-electron chi connectivity index (χ0n) is 31.6. The predicted octanol–water partition coefficient (Wildman–Crippen LogP) is 9.70. The van der Waals surface area contributed by atoms with Crippen molar-refractivity contribution in [3.05, 3.63) is 97.6 Å². The van der Waals surface area contributed by atoms with E-state index < -0.39 is 33.2 Å². The van der Waals surface area contributed by atoms with Gasteiger partial charge in [-0.25, -0.2) is 4.85 Å². The van der Waals surface area contributed by atoms with Crippen molar-refractivity contribution in [2.24, 2.45) is 16.7 Å². The highest BCUT2D eigenvalue weighted by molar-refractivity contribution is 14.1. The van der Waals surface area contributed by atoms with Crippen molar-refractivity contribution in [2.45, 2.75) is 86.5 Å². The number of allylic oxidation sites excluding steroid dienone is 9.